The number of carbonyl (C=O) groups is 1. The number of nitrogens with zero attached hydrogens (tertiary/aromatic N) is 1. The summed E-state index contributed by atoms with van der Waals surface area (Å²) in [5.41, 5.74) is 6.14. The molecule has 0 radical (unpaired) electrons. The van der Waals surface area contributed by atoms with Crippen molar-refractivity contribution >= 4 is 5.91 Å². The monoisotopic (exact) mass is 282 g/mol. The van der Waals surface area contributed by atoms with Crippen LogP contribution < -0.4 is 5.73 Å². The summed E-state index contributed by atoms with van der Waals surface area (Å²) in [6.45, 7) is 2.67. The molecule has 0 heterocycles. The van der Waals surface area contributed by atoms with Crippen molar-refractivity contribution in [1.29, 1.82) is 0 Å². The predicted octanol–water partition coefficient (Wildman–Crippen LogP) is 1.90. The van der Waals surface area contributed by atoms with Gasteiger partial charge in [-0.05, 0) is 31.6 Å². The number of amides is 1. The van der Waals surface area contributed by atoms with E-state index in [2.05, 4.69) is 6.92 Å². The lowest BCUT2D eigenvalue weighted by atomic mass is 9.76. The summed E-state index contributed by atoms with van der Waals surface area (Å²) < 4.78 is 0. The molecule has 4 heteroatoms. The van der Waals surface area contributed by atoms with Gasteiger partial charge >= 0.3 is 0 Å². The Morgan fingerprint density at radius 2 is 1.85 bits per heavy atom. The van der Waals surface area contributed by atoms with Gasteiger partial charge in [0.15, 0.2) is 0 Å². The molecule has 2 aliphatic carbocycles. The Kier molecular flexibility index (Phi) is 5.85. The normalized spacial score (nSPS) is 32.0. The molecule has 2 fully saturated rings. The molecule has 2 rings (SSSR count). The standard InChI is InChI=1S/C16H30N2O2/c1-12-14(8-5-9-15(12)17)16(20)18(10-11-19)13-6-3-2-4-7-13/h12-15,19H,2-11,17H2,1H3. The van der Waals surface area contributed by atoms with Crippen LogP contribution in [0.25, 0.3) is 0 Å². The van der Waals surface area contributed by atoms with E-state index in [4.69, 9.17) is 5.73 Å². The zero-order valence-corrected chi connectivity index (χ0v) is 12.8. The van der Waals surface area contributed by atoms with Crippen LogP contribution >= 0.6 is 0 Å². The van der Waals surface area contributed by atoms with Crippen LogP contribution in [0.15, 0.2) is 0 Å². The number of rotatable bonds is 4. The lowest BCUT2D eigenvalue weighted by molar-refractivity contribution is -0.142. The highest BCUT2D eigenvalue weighted by atomic mass is 16.3. The first-order chi connectivity index (χ1) is 9.65. The molecule has 0 aliphatic heterocycles. The smallest absolute Gasteiger partial charge is 0.226 e. The van der Waals surface area contributed by atoms with E-state index in [9.17, 15) is 9.90 Å². The highest BCUT2D eigenvalue weighted by Gasteiger charge is 2.37. The van der Waals surface area contributed by atoms with Crippen molar-refractivity contribution in [2.45, 2.75) is 70.4 Å². The molecule has 116 valence electrons. The Morgan fingerprint density at radius 3 is 2.50 bits per heavy atom. The summed E-state index contributed by atoms with van der Waals surface area (Å²) >= 11 is 0. The molecule has 2 aliphatic rings. The summed E-state index contributed by atoms with van der Waals surface area (Å²) in [5, 5.41) is 9.31. The van der Waals surface area contributed by atoms with Crippen LogP contribution in [0, 0.1) is 11.8 Å². The van der Waals surface area contributed by atoms with E-state index in [-0.39, 0.29) is 30.4 Å². The van der Waals surface area contributed by atoms with E-state index in [0.29, 0.717) is 12.6 Å². The molecule has 0 saturated heterocycles. The maximum atomic E-state index is 12.9. The van der Waals surface area contributed by atoms with Crippen LogP contribution in [0.1, 0.15) is 58.3 Å². The Hall–Kier alpha value is -0.610. The lowest BCUT2D eigenvalue weighted by Crippen LogP contribution is -2.50. The average molecular weight is 282 g/mol. The van der Waals surface area contributed by atoms with Gasteiger partial charge in [0, 0.05) is 24.5 Å². The van der Waals surface area contributed by atoms with Gasteiger partial charge in [-0.3, -0.25) is 4.79 Å². The highest BCUT2D eigenvalue weighted by Crippen LogP contribution is 2.32. The third-order valence-electron chi connectivity index (χ3n) is 5.32. The summed E-state index contributed by atoms with van der Waals surface area (Å²) in [6.07, 6.45) is 8.94. The number of hydrogen-bond donors (Lipinski definition) is 2. The number of aliphatic hydroxyl groups excluding tert-OH is 1. The first-order valence-corrected chi connectivity index (χ1v) is 8.32. The Labute approximate surface area is 122 Å². The lowest BCUT2D eigenvalue weighted by Gasteiger charge is -2.40. The molecular weight excluding hydrogens is 252 g/mol. The van der Waals surface area contributed by atoms with Gasteiger partial charge in [0.25, 0.3) is 0 Å². The van der Waals surface area contributed by atoms with Crippen LogP contribution in [0.4, 0.5) is 0 Å². The van der Waals surface area contributed by atoms with Gasteiger partial charge in [-0.15, -0.1) is 0 Å². The van der Waals surface area contributed by atoms with Crippen LogP contribution in [0.2, 0.25) is 0 Å². The summed E-state index contributed by atoms with van der Waals surface area (Å²) in [4.78, 5) is 14.9. The van der Waals surface area contributed by atoms with Crippen LogP contribution in [0.3, 0.4) is 0 Å². The van der Waals surface area contributed by atoms with Gasteiger partial charge in [-0.1, -0.05) is 32.6 Å². The fourth-order valence-corrected chi connectivity index (χ4v) is 3.93. The number of hydrogen-bond acceptors (Lipinski definition) is 3. The second-order valence-electron chi connectivity index (χ2n) is 6.61. The molecule has 0 aromatic carbocycles. The molecule has 3 N–H and O–H groups in total. The third-order valence-corrected chi connectivity index (χ3v) is 5.32. The van der Waals surface area contributed by atoms with E-state index in [1.165, 1.54) is 19.3 Å². The molecular formula is C16H30N2O2. The second-order valence-corrected chi connectivity index (χ2v) is 6.61. The molecule has 3 atom stereocenters. The van der Waals surface area contributed by atoms with Crippen molar-refractivity contribution in [3.63, 3.8) is 0 Å². The molecule has 4 nitrogen and oxygen atoms in total. The van der Waals surface area contributed by atoms with Gasteiger partial charge in [-0.25, -0.2) is 0 Å². The summed E-state index contributed by atoms with van der Waals surface area (Å²) in [5.74, 6) is 0.571. The highest BCUT2D eigenvalue weighted by molar-refractivity contribution is 5.79. The molecule has 3 unspecified atom stereocenters. The first kappa shape index (κ1) is 15.8. The molecule has 0 bridgehead atoms. The third kappa shape index (κ3) is 3.53. The number of nitrogens with two attached hydrogens (primary N) is 1. The molecule has 0 aromatic heterocycles. The summed E-state index contributed by atoms with van der Waals surface area (Å²) in [6, 6.07) is 0.494. The van der Waals surface area contributed by atoms with Crippen molar-refractivity contribution in [1.82, 2.24) is 4.90 Å². The Balaban J connectivity index is 2.05. The quantitative estimate of drug-likeness (QED) is 0.827. The van der Waals surface area contributed by atoms with E-state index < -0.39 is 0 Å². The molecule has 1 amide bonds. The van der Waals surface area contributed by atoms with Crippen molar-refractivity contribution in [3.05, 3.63) is 0 Å². The van der Waals surface area contributed by atoms with Gasteiger partial charge in [-0.2, -0.15) is 0 Å². The molecule has 0 spiro atoms. The topological polar surface area (TPSA) is 66.6 Å². The average Bonchev–Trinajstić information content (AvgIpc) is 2.48. The molecule has 0 aromatic rings. The maximum absolute atomic E-state index is 12.9. The van der Waals surface area contributed by atoms with Crippen molar-refractivity contribution < 1.29 is 9.90 Å². The Bertz CT molecular complexity index is 316. The minimum atomic E-state index is 0.0622. The van der Waals surface area contributed by atoms with E-state index in [0.717, 1.165) is 32.1 Å². The second kappa shape index (κ2) is 7.41. The first-order valence-electron chi connectivity index (χ1n) is 8.32. The summed E-state index contributed by atoms with van der Waals surface area (Å²) in [7, 11) is 0. The fraction of sp³-hybridized carbons (Fsp3) is 0.938. The van der Waals surface area contributed by atoms with Gasteiger partial charge in [0.1, 0.15) is 0 Å². The van der Waals surface area contributed by atoms with E-state index in [1.54, 1.807) is 0 Å². The molecule has 2 saturated carbocycles. The molecule has 20 heavy (non-hydrogen) atoms. The van der Waals surface area contributed by atoms with Crippen molar-refractivity contribution in [2.75, 3.05) is 13.2 Å². The van der Waals surface area contributed by atoms with Crippen LogP contribution in [0.5, 0.6) is 0 Å². The van der Waals surface area contributed by atoms with Gasteiger partial charge < -0.3 is 15.7 Å². The van der Waals surface area contributed by atoms with E-state index in [1.807, 2.05) is 4.90 Å². The zero-order chi connectivity index (χ0) is 14.5. The van der Waals surface area contributed by atoms with E-state index >= 15 is 0 Å². The number of aliphatic hydroxyl groups is 1. The van der Waals surface area contributed by atoms with Crippen molar-refractivity contribution in [3.8, 4) is 0 Å². The number of carbonyl (C=O) groups excluding carboxylic acids is 1. The van der Waals surface area contributed by atoms with Crippen LogP contribution in [-0.2, 0) is 4.79 Å². The van der Waals surface area contributed by atoms with Gasteiger partial charge in [0.2, 0.25) is 5.91 Å². The minimum absolute atomic E-state index is 0.0622. The zero-order valence-electron chi connectivity index (χ0n) is 12.8. The SMILES string of the molecule is CC1C(N)CCCC1C(=O)N(CCO)C1CCCCC1. The Morgan fingerprint density at radius 1 is 1.15 bits per heavy atom. The maximum Gasteiger partial charge on any atom is 0.226 e. The largest absolute Gasteiger partial charge is 0.395 e. The van der Waals surface area contributed by atoms with Crippen molar-refractivity contribution in [2.24, 2.45) is 17.6 Å². The fourth-order valence-electron chi connectivity index (χ4n) is 3.93. The van der Waals surface area contributed by atoms with Crippen LogP contribution in [-0.4, -0.2) is 41.1 Å². The minimum Gasteiger partial charge on any atom is -0.395 e. The van der Waals surface area contributed by atoms with Gasteiger partial charge in [0.05, 0.1) is 6.61 Å². The predicted molar refractivity (Wildman–Crippen MR) is 80.2 cm³/mol.